The Morgan fingerprint density at radius 1 is 1.03 bits per heavy atom. The van der Waals surface area contributed by atoms with Crippen LogP contribution in [0.1, 0.15) is 19.9 Å². The van der Waals surface area contributed by atoms with Crippen LogP contribution in [0.3, 0.4) is 0 Å². The summed E-state index contributed by atoms with van der Waals surface area (Å²) in [5.41, 5.74) is 3.03. The Bertz CT molecular complexity index is 1100. The van der Waals surface area contributed by atoms with Crippen LogP contribution in [0, 0.1) is 11.6 Å². The number of rotatable bonds is 5. The van der Waals surface area contributed by atoms with Crippen molar-refractivity contribution in [3.8, 4) is 0 Å². The van der Waals surface area contributed by atoms with Gasteiger partial charge < -0.3 is 25.4 Å². The first kappa shape index (κ1) is 31.4. The number of nitrogens with one attached hydrogen (secondary N) is 1. The summed E-state index contributed by atoms with van der Waals surface area (Å²) in [5, 5.41) is 17.7. The lowest BCUT2D eigenvalue weighted by atomic mass is 10.5. The van der Waals surface area contributed by atoms with Gasteiger partial charge in [-0.1, -0.05) is 7.43 Å². The number of nitrogens with two attached hydrogens (primary N) is 1. The first-order valence-corrected chi connectivity index (χ1v) is 11.7. The van der Waals surface area contributed by atoms with Crippen molar-refractivity contribution >= 4 is 59.3 Å². The topological polar surface area (TPSA) is 167 Å². The van der Waals surface area contributed by atoms with Crippen molar-refractivity contribution in [2.45, 2.75) is 30.8 Å². The molecule has 18 heteroatoms. The van der Waals surface area contributed by atoms with Crippen molar-refractivity contribution < 1.29 is 28.5 Å². The second-order valence-electron chi connectivity index (χ2n) is 6.46. The molecule has 4 atom stereocenters. The van der Waals surface area contributed by atoms with E-state index in [9.17, 15) is 18.4 Å². The highest BCUT2D eigenvalue weighted by molar-refractivity contribution is 8.00. The summed E-state index contributed by atoms with van der Waals surface area (Å²) in [7, 11) is 0. The molecule has 2 aromatic rings. The number of aromatic nitrogens is 4. The minimum absolute atomic E-state index is 0. The van der Waals surface area contributed by atoms with E-state index in [-0.39, 0.29) is 38.9 Å². The molecule has 2 saturated heterocycles. The smallest absolute Gasteiger partial charge is 0.351 e. The summed E-state index contributed by atoms with van der Waals surface area (Å²) < 4.78 is 39.2. The zero-order valence-electron chi connectivity index (χ0n) is 17.0. The second kappa shape index (κ2) is 14.2. The monoisotopic (exact) mass is 580 g/mol. The average molecular weight is 581 g/mol. The van der Waals surface area contributed by atoms with Crippen molar-refractivity contribution in [1.29, 1.82) is 0 Å². The fraction of sp³-hybridized carbons (Fsp3) is 0.529. The average Bonchev–Trinajstić information content (AvgIpc) is 3.47. The predicted octanol–water partition coefficient (Wildman–Crippen LogP) is 1.13. The Balaban J connectivity index is 0.000000332. The van der Waals surface area contributed by atoms with E-state index in [1.807, 2.05) is 4.84 Å². The van der Waals surface area contributed by atoms with Crippen LogP contribution in [0.2, 0.25) is 0 Å². The molecule has 0 aliphatic carbocycles. The quantitative estimate of drug-likeness (QED) is 0.373. The molecule has 2 aliphatic heterocycles. The number of anilines is 2. The van der Waals surface area contributed by atoms with Gasteiger partial charge in [0.15, 0.2) is 23.3 Å². The molecule has 4 rings (SSSR count). The number of aliphatic hydroxyl groups is 2. The number of halogens is 4. The third-order valence-corrected chi connectivity index (χ3v) is 6.71. The normalized spacial score (nSPS) is 23.0. The van der Waals surface area contributed by atoms with Crippen LogP contribution in [0.5, 0.6) is 0 Å². The van der Waals surface area contributed by atoms with E-state index in [2.05, 4.69) is 9.97 Å². The number of aliphatic hydroxyl groups excluding tert-OH is 2. The second-order valence-corrected chi connectivity index (χ2v) is 9.03. The highest BCUT2D eigenvalue weighted by atomic mass is 35.5. The van der Waals surface area contributed by atoms with Crippen LogP contribution in [0.15, 0.2) is 22.0 Å². The zero-order chi connectivity index (χ0) is 24.1. The lowest BCUT2D eigenvalue weighted by Crippen LogP contribution is -2.29. The molecule has 0 radical (unpaired) electrons. The van der Waals surface area contributed by atoms with Gasteiger partial charge in [0.2, 0.25) is 0 Å². The SMILES string of the molecule is C.Cl.Nc1nc(=O)n(C2CS[C@H](CO)O2)cc1F.O=c1nc(NCl)c(F)cn1C1CS[C@H](CO)O1. The van der Waals surface area contributed by atoms with Crippen molar-refractivity contribution in [2.75, 3.05) is 35.3 Å². The van der Waals surface area contributed by atoms with Crippen molar-refractivity contribution in [3.05, 3.63) is 45.0 Å². The highest BCUT2D eigenvalue weighted by Gasteiger charge is 2.29. The van der Waals surface area contributed by atoms with Crippen molar-refractivity contribution in [3.63, 3.8) is 0 Å². The van der Waals surface area contributed by atoms with E-state index in [1.165, 1.54) is 23.5 Å². The Labute approximate surface area is 217 Å². The molecule has 2 aromatic heterocycles. The van der Waals surface area contributed by atoms with Crippen LogP contribution >= 0.6 is 47.7 Å². The number of hydrogen-bond donors (Lipinski definition) is 4. The summed E-state index contributed by atoms with van der Waals surface area (Å²) in [6, 6.07) is 0. The minimum Gasteiger partial charge on any atom is -0.393 e. The van der Waals surface area contributed by atoms with Crippen molar-refractivity contribution in [1.82, 2.24) is 19.1 Å². The van der Waals surface area contributed by atoms with Gasteiger partial charge in [0.1, 0.15) is 23.3 Å². The summed E-state index contributed by atoms with van der Waals surface area (Å²) in [4.78, 5) is 31.7. The summed E-state index contributed by atoms with van der Waals surface area (Å²) in [5.74, 6) is -1.36. The summed E-state index contributed by atoms with van der Waals surface area (Å²) >= 11 is 7.89. The molecule has 5 N–H and O–H groups in total. The third-order valence-electron chi connectivity index (χ3n) is 4.32. The fourth-order valence-electron chi connectivity index (χ4n) is 2.75. The van der Waals surface area contributed by atoms with Crippen LogP contribution < -0.4 is 21.9 Å². The Morgan fingerprint density at radius 3 is 1.91 bits per heavy atom. The standard InChI is InChI=1S/C8H9ClFN3O3S.C8H10FN3O3S.CH4.ClH/c9-12-7-4(10)1-13(8(15)11-7)5-3-17-6(2-14)16-5;9-4-1-12(8(14)11-7(4)10)5-3-16-6(2-13)15-5;;/h1,5-6,14H,2-3H2,(H,11,12,15);1,5-6,13H,2-3H2,(H2,10,11,14);1H4;1H/t2*5?,6-;;/m11../s1. The number of hydrogen-bond acceptors (Lipinski definition) is 12. The first-order chi connectivity index (χ1) is 15.8. The van der Waals surface area contributed by atoms with Crippen LogP contribution in [0.25, 0.3) is 0 Å². The highest BCUT2D eigenvalue weighted by Crippen LogP contribution is 2.31. The molecule has 198 valence electrons. The molecule has 0 amide bonds. The predicted molar refractivity (Wildman–Crippen MR) is 132 cm³/mol. The van der Waals surface area contributed by atoms with Gasteiger partial charge in [-0.2, -0.15) is 9.97 Å². The maximum atomic E-state index is 13.4. The molecule has 0 spiro atoms. The van der Waals surface area contributed by atoms with E-state index in [0.717, 1.165) is 21.5 Å². The van der Waals surface area contributed by atoms with E-state index < -0.39 is 52.2 Å². The largest absolute Gasteiger partial charge is 0.393 e. The number of nitrogen functional groups attached to an aromatic ring is 1. The molecule has 0 bridgehead atoms. The van der Waals surface area contributed by atoms with Gasteiger partial charge >= 0.3 is 11.4 Å². The van der Waals surface area contributed by atoms with Gasteiger partial charge in [0.25, 0.3) is 0 Å². The Hall–Kier alpha value is -1.66. The van der Waals surface area contributed by atoms with E-state index in [1.54, 1.807) is 0 Å². The van der Waals surface area contributed by atoms with E-state index >= 15 is 0 Å². The Morgan fingerprint density at radius 2 is 1.49 bits per heavy atom. The summed E-state index contributed by atoms with van der Waals surface area (Å²) in [6.07, 6.45) is 0.703. The molecule has 2 unspecified atom stereocenters. The third kappa shape index (κ3) is 7.66. The molecule has 35 heavy (non-hydrogen) atoms. The maximum Gasteiger partial charge on any atom is 0.351 e. The minimum atomic E-state index is -0.763. The van der Waals surface area contributed by atoms with Gasteiger partial charge in [-0.05, 0) is 0 Å². The lowest BCUT2D eigenvalue weighted by molar-refractivity contribution is -0.00681. The number of nitrogens with zero attached hydrogens (tertiary/aromatic N) is 4. The maximum absolute atomic E-state index is 13.4. The Kier molecular flexibility index (Phi) is 12.7. The molecular formula is C17H24Cl2F2N6O6S2. The molecule has 0 aromatic carbocycles. The van der Waals surface area contributed by atoms with E-state index in [0.29, 0.717) is 11.5 Å². The number of thioether (sulfide) groups is 2. The molecule has 2 aliphatic rings. The molecular weight excluding hydrogens is 557 g/mol. The van der Waals surface area contributed by atoms with Gasteiger partial charge in [0.05, 0.1) is 25.6 Å². The number of ether oxygens (including phenoxy) is 2. The zero-order valence-corrected chi connectivity index (χ0v) is 20.3. The van der Waals surface area contributed by atoms with Crippen molar-refractivity contribution in [2.24, 2.45) is 0 Å². The molecule has 0 saturated carbocycles. The van der Waals surface area contributed by atoms with Crippen LogP contribution in [-0.4, -0.2) is 64.9 Å². The van der Waals surface area contributed by atoms with Crippen LogP contribution in [0.4, 0.5) is 20.4 Å². The molecule has 4 heterocycles. The van der Waals surface area contributed by atoms with Gasteiger partial charge in [-0.25, -0.2) is 18.4 Å². The molecule has 12 nitrogen and oxygen atoms in total. The van der Waals surface area contributed by atoms with Gasteiger partial charge in [-0.3, -0.25) is 14.0 Å². The summed E-state index contributed by atoms with van der Waals surface area (Å²) in [6.45, 7) is -0.312. The fourth-order valence-corrected chi connectivity index (χ4v) is 4.75. The van der Waals surface area contributed by atoms with E-state index in [4.69, 9.17) is 37.2 Å². The lowest BCUT2D eigenvalue weighted by Gasteiger charge is -2.14. The molecule has 2 fully saturated rings. The van der Waals surface area contributed by atoms with Crippen LogP contribution in [-0.2, 0) is 9.47 Å². The van der Waals surface area contributed by atoms with Gasteiger partial charge in [-0.15, -0.1) is 35.9 Å². The first-order valence-electron chi connectivity index (χ1n) is 9.22. The van der Waals surface area contributed by atoms with Gasteiger partial charge in [0, 0.05) is 23.3 Å².